The molecule has 3 nitrogen and oxygen atoms in total. The number of halogens is 3. The van der Waals surface area contributed by atoms with Crippen molar-refractivity contribution in [2.75, 3.05) is 33.3 Å². The van der Waals surface area contributed by atoms with E-state index >= 15 is 0 Å². The summed E-state index contributed by atoms with van der Waals surface area (Å²) in [4.78, 5) is 1.91. The van der Waals surface area contributed by atoms with E-state index in [4.69, 9.17) is 10.5 Å². The van der Waals surface area contributed by atoms with Crippen LogP contribution >= 0.6 is 0 Å². The molecule has 1 unspecified atom stereocenters. The number of hydrogen-bond donors (Lipinski definition) is 1. The summed E-state index contributed by atoms with van der Waals surface area (Å²) in [5, 5.41) is 0. The van der Waals surface area contributed by atoms with Crippen molar-refractivity contribution in [1.29, 1.82) is 0 Å². The van der Waals surface area contributed by atoms with Gasteiger partial charge in [0.1, 0.15) is 0 Å². The van der Waals surface area contributed by atoms with Gasteiger partial charge in [-0.1, -0.05) is 6.08 Å². The zero-order valence-electron chi connectivity index (χ0n) is 9.26. The highest BCUT2D eigenvalue weighted by molar-refractivity contribution is 5.13. The highest BCUT2D eigenvalue weighted by atomic mass is 19.4. The van der Waals surface area contributed by atoms with E-state index < -0.39 is 11.7 Å². The second kappa shape index (κ2) is 5.65. The molecule has 0 aliphatic carbocycles. The summed E-state index contributed by atoms with van der Waals surface area (Å²) in [6.45, 7) is 1.68. The van der Waals surface area contributed by atoms with E-state index in [0.717, 1.165) is 0 Å². The van der Waals surface area contributed by atoms with Gasteiger partial charge in [-0.15, -0.1) is 0 Å². The number of nitrogens with two attached hydrogens (primary N) is 1. The predicted octanol–water partition coefficient (Wildman–Crippen LogP) is 1.15. The fourth-order valence-corrected chi connectivity index (χ4v) is 1.67. The van der Waals surface area contributed by atoms with Crippen molar-refractivity contribution in [1.82, 2.24) is 4.90 Å². The molecule has 0 aromatic carbocycles. The molecule has 0 radical (unpaired) electrons. The minimum atomic E-state index is -4.18. The molecule has 1 rings (SSSR count). The smallest absolute Gasteiger partial charge is 0.379 e. The summed E-state index contributed by atoms with van der Waals surface area (Å²) in [5.41, 5.74) is 5.02. The first-order valence-corrected chi connectivity index (χ1v) is 5.18. The summed E-state index contributed by atoms with van der Waals surface area (Å²) in [6.07, 6.45) is -3.00. The lowest BCUT2D eigenvalue weighted by molar-refractivity contribution is -0.0962. The van der Waals surface area contributed by atoms with E-state index in [1.165, 1.54) is 6.08 Å². The largest absolute Gasteiger partial charge is 0.412 e. The highest BCUT2D eigenvalue weighted by Gasteiger charge is 2.34. The van der Waals surface area contributed by atoms with Crippen LogP contribution in [0, 0.1) is 0 Å². The predicted molar refractivity (Wildman–Crippen MR) is 55.0 cm³/mol. The van der Waals surface area contributed by atoms with Gasteiger partial charge in [0.15, 0.2) is 0 Å². The molecule has 2 N–H and O–H groups in total. The number of methoxy groups -OCH3 is 1. The van der Waals surface area contributed by atoms with Crippen molar-refractivity contribution in [2.24, 2.45) is 5.73 Å². The molecule has 6 heteroatoms. The molecule has 0 spiro atoms. The van der Waals surface area contributed by atoms with Crippen LogP contribution in [-0.4, -0.2) is 50.5 Å². The first-order valence-electron chi connectivity index (χ1n) is 5.18. The quantitative estimate of drug-likeness (QED) is 0.747. The zero-order chi connectivity index (χ0) is 12.2. The number of alkyl halides is 3. The van der Waals surface area contributed by atoms with Crippen molar-refractivity contribution in [3.63, 3.8) is 0 Å². The maximum absolute atomic E-state index is 12.3. The van der Waals surface area contributed by atoms with Crippen LogP contribution in [0.2, 0.25) is 0 Å². The fourth-order valence-electron chi connectivity index (χ4n) is 1.67. The summed E-state index contributed by atoms with van der Waals surface area (Å²) in [5.74, 6) is 0. The first kappa shape index (κ1) is 13.5. The van der Waals surface area contributed by atoms with Crippen molar-refractivity contribution < 1.29 is 17.9 Å². The summed E-state index contributed by atoms with van der Waals surface area (Å²) < 4.78 is 42.1. The van der Waals surface area contributed by atoms with Crippen LogP contribution in [0.5, 0.6) is 0 Å². The molecular weight excluding hydrogens is 221 g/mol. The van der Waals surface area contributed by atoms with Crippen molar-refractivity contribution in [2.45, 2.75) is 18.7 Å². The normalized spacial score (nSPS) is 20.7. The Morgan fingerprint density at radius 3 is 2.62 bits per heavy atom. The average molecular weight is 238 g/mol. The Hall–Kier alpha value is -0.590. The summed E-state index contributed by atoms with van der Waals surface area (Å²) >= 11 is 0. The second-order valence-electron chi connectivity index (χ2n) is 3.83. The molecule has 0 amide bonds. The van der Waals surface area contributed by atoms with Gasteiger partial charge in [-0.2, -0.15) is 13.2 Å². The monoisotopic (exact) mass is 238 g/mol. The summed E-state index contributed by atoms with van der Waals surface area (Å²) in [6, 6.07) is 0. The average Bonchev–Trinajstić information content (AvgIpc) is 2.25. The Morgan fingerprint density at radius 1 is 1.56 bits per heavy atom. The van der Waals surface area contributed by atoms with Crippen molar-refractivity contribution in [3.05, 3.63) is 11.6 Å². The number of rotatable bonds is 4. The molecule has 94 valence electrons. The maximum atomic E-state index is 12.3. The lowest BCUT2D eigenvalue weighted by Gasteiger charge is -2.29. The third-order valence-corrected chi connectivity index (χ3v) is 2.72. The number of nitrogens with zero attached hydrogens (tertiary/aromatic N) is 1. The van der Waals surface area contributed by atoms with Gasteiger partial charge in [-0.05, 0) is 6.42 Å². The van der Waals surface area contributed by atoms with Crippen LogP contribution in [0.3, 0.4) is 0 Å². The lowest BCUT2D eigenvalue weighted by Crippen LogP contribution is -2.40. The maximum Gasteiger partial charge on any atom is 0.412 e. The summed E-state index contributed by atoms with van der Waals surface area (Å²) in [7, 11) is 1.55. The van der Waals surface area contributed by atoms with E-state index in [9.17, 15) is 13.2 Å². The molecule has 1 heterocycles. The van der Waals surface area contributed by atoms with Crippen molar-refractivity contribution in [3.8, 4) is 0 Å². The zero-order valence-corrected chi connectivity index (χ0v) is 9.26. The van der Waals surface area contributed by atoms with Crippen LogP contribution in [0.15, 0.2) is 11.6 Å². The van der Waals surface area contributed by atoms with Gasteiger partial charge in [0.25, 0.3) is 0 Å². The molecule has 1 aliphatic rings. The Morgan fingerprint density at radius 2 is 2.25 bits per heavy atom. The van der Waals surface area contributed by atoms with E-state index in [1.54, 1.807) is 7.11 Å². The van der Waals surface area contributed by atoms with Crippen LogP contribution in [-0.2, 0) is 4.74 Å². The molecule has 1 atom stereocenters. The SMILES string of the molecule is COC(CN)CN1CC=C(C(F)(F)F)CC1. The van der Waals surface area contributed by atoms with Gasteiger partial charge in [0, 0.05) is 38.9 Å². The standard InChI is InChI=1S/C10H17F3N2O/c1-16-9(6-14)7-15-4-2-8(3-5-15)10(11,12)13/h2,9H,3-7,14H2,1H3. The number of ether oxygens (including phenoxy) is 1. The van der Waals surface area contributed by atoms with E-state index in [-0.39, 0.29) is 12.5 Å². The Balaban J connectivity index is 2.45. The van der Waals surface area contributed by atoms with Crippen molar-refractivity contribution >= 4 is 0 Å². The number of hydrogen-bond acceptors (Lipinski definition) is 3. The van der Waals surface area contributed by atoms with Gasteiger partial charge in [-0.25, -0.2) is 0 Å². The third kappa shape index (κ3) is 3.77. The Labute approximate surface area is 93.0 Å². The molecule has 16 heavy (non-hydrogen) atoms. The molecule has 0 saturated heterocycles. The fraction of sp³-hybridized carbons (Fsp3) is 0.800. The van der Waals surface area contributed by atoms with Crippen LogP contribution < -0.4 is 5.73 Å². The molecule has 0 aromatic rings. The Bertz CT molecular complexity index is 249. The van der Waals surface area contributed by atoms with E-state index in [1.807, 2.05) is 4.90 Å². The molecule has 0 bridgehead atoms. The molecule has 0 fully saturated rings. The van der Waals surface area contributed by atoms with E-state index in [2.05, 4.69) is 0 Å². The lowest BCUT2D eigenvalue weighted by atomic mass is 10.1. The van der Waals surface area contributed by atoms with Gasteiger partial charge in [0.05, 0.1) is 6.10 Å². The van der Waals surface area contributed by atoms with Crippen LogP contribution in [0.25, 0.3) is 0 Å². The Kier molecular flexibility index (Phi) is 4.76. The first-order chi connectivity index (χ1) is 7.47. The van der Waals surface area contributed by atoms with Crippen LogP contribution in [0.4, 0.5) is 13.2 Å². The second-order valence-corrected chi connectivity index (χ2v) is 3.83. The van der Waals surface area contributed by atoms with Gasteiger partial charge < -0.3 is 10.5 Å². The molecule has 1 aliphatic heterocycles. The highest BCUT2D eigenvalue weighted by Crippen LogP contribution is 2.30. The topological polar surface area (TPSA) is 38.5 Å². The van der Waals surface area contributed by atoms with Gasteiger partial charge in [0.2, 0.25) is 0 Å². The van der Waals surface area contributed by atoms with Crippen LogP contribution in [0.1, 0.15) is 6.42 Å². The molecular formula is C10H17F3N2O. The van der Waals surface area contributed by atoms with E-state index in [0.29, 0.717) is 26.2 Å². The molecule has 0 aromatic heterocycles. The molecule has 0 saturated carbocycles. The van der Waals surface area contributed by atoms with Gasteiger partial charge >= 0.3 is 6.18 Å². The minimum absolute atomic E-state index is 0.0461. The third-order valence-electron chi connectivity index (χ3n) is 2.72. The van der Waals surface area contributed by atoms with Gasteiger partial charge in [-0.3, -0.25) is 4.90 Å². The minimum Gasteiger partial charge on any atom is -0.379 e.